The fourth-order valence-electron chi connectivity index (χ4n) is 3.51. The molecule has 1 aliphatic rings. The van der Waals surface area contributed by atoms with Gasteiger partial charge in [-0.25, -0.2) is 9.07 Å². The van der Waals surface area contributed by atoms with E-state index in [0.717, 1.165) is 42.9 Å². The number of nitro groups is 1. The van der Waals surface area contributed by atoms with E-state index < -0.39 is 4.92 Å². The molecule has 1 N–H and O–H groups in total. The number of hydrogen-bond acceptors (Lipinski definition) is 4. The molecule has 4 rings (SSSR count). The fraction of sp³-hybridized carbons (Fsp3) is 0.250. The van der Waals surface area contributed by atoms with Gasteiger partial charge in [-0.3, -0.25) is 10.1 Å². The Bertz CT molecular complexity index is 999. The smallest absolute Gasteiger partial charge is 0.294 e. The van der Waals surface area contributed by atoms with E-state index in [9.17, 15) is 14.5 Å². The van der Waals surface area contributed by atoms with Gasteiger partial charge >= 0.3 is 0 Å². The van der Waals surface area contributed by atoms with Crippen LogP contribution in [0.2, 0.25) is 0 Å². The first-order valence-corrected chi connectivity index (χ1v) is 8.97. The van der Waals surface area contributed by atoms with E-state index in [1.165, 1.54) is 12.1 Å². The fourth-order valence-corrected chi connectivity index (χ4v) is 3.51. The Labute approximate surface area is 155 Å². The first kappa shape index (κ1) is 17.2. The van der Waals surface area contributed by atoms with E-state index in [-0.39, 0.29) is 11.5 Å². The van der Waals surface area contributed by atoms with Crippen LogP contribution >= 0.6 is 0 Å². The van der Waals surface area contributed by atoms with Gasteiger partial charge in [0.2, 0.25) is 0 Å². The highest BCUT2D eigenvalue weighted by molar-refractivity contribution is 5.60. The lowest BCUT2D eigenvalue weighted by atomic mass is 10.0. The zero-order valence-electron chi connectivity index (χ0n) is 14.7. The van der Waals surface area contributed by atoms with Gasteiger partial charge in [-0.1, -0.05) is 30.3 Å². The second-order valence-corrected chi connectivity index (χ2v) is 6.58. The molecule has 7 heteroatoms. The Morgan fingerprint density at radius 3 is 2.74 bits per heavy atom. The molecule has 138 valence electrons. The van der Waals surface area contributed by atoms with E-state index in [1.54, 1.807) is 41.1 Å². The van der Waals surface area contributed by atoms with Crippen molar-refractivity contribution in [3.8, 4) is 5.69 Å². The zero-order valence-corrected chi connectivity index (χ0v) is 14.7. The van der Waals surface area contributed by atoms with Crippen molar-refractivity contribution in [3.05, 3.63) is 81.3 Å². The SMILES string of the molecule is O=[N+]([O-])c1ccccc1-n1nc(Cc2ccccc2F)c2c1NCCCC2. The lowest BCUT2D eigenvalue weighted by molar-refractivity contribution is -0.384. The second-order valence-electron chi connectivity index (χ2n) is 6.58. The quantitative estimate of drug-likeness (QED) is 0.553. The van der Waals surface area contributed by atoms with E-state index in [4.69, 9.17) is 0 Å². The van der Waals surface area contributed by atoms with Gasteiger partial charge in [-0.05, 0) is 37.0 Å². The van der Waals surface area contributed by atoms with Gasteiger partial charge in [0.15, 0.2) is 0 Å². The molecule has 0 amide bonds. The van der Waals surface area contributed by atoms with Gasteiger partial charge in [0.1, 0.15) is 17.3 Å². The van der Waals surface area contributed by atoms with Gasteiger partial charge in [-0.2, -0.15) is 5.10 Å². The van der Waals surface area contributed by atoms with Crippen LogP contribution in [0.25, 0.3) is 5.69 Å². The Hall–Kier alpha value is -3.22. The first-order valence-electron chi connectivity index (χ1n) is 8.97. The van der Waals surface area contributed by atoms with Crippen molar-refractivity contribution in [2.45, 2.75) is 25.7 Å². The highest BCUT2D eigenvalue weighted by atomic mass is 19.1. The Kier molecular flexibility index (Phi) is 4.58. The van der Waals surface area contributed by atoms with E-state index in [1.807, 2.05) is 0 Å². The predicted octanol–water partition coefficient (Wildman–Crippen LogP) is 4.26. The monoisotopic (exact) mass is 366 g/mol. The number of rotatable bonds is 4. The largest absolute Gasteiger partial charge is 0.370 e. The number of anilines is 1. The third-order valence-corrected chi connectivity index (χ3v) is 4.84. The molecule has 1 aliphatic heterocycles. The molecule has 1 aromatic heterocycles. The lowest BCUT2D eigenvalue weighted by Crippen LogP contribution is -2.08. The first-order chi connectivity index (χ1) is 13.1. The summed E-state index contributed by atoms with van der Waals surface area (Å²) in [5, 5.41) is 19.5. The summed E-state index contributed by atoms with van der Waals surface area (Å²) in [5.74, 6) is 0.501. The summed E-state index contributed by atoms with van der Waals surface area (Å²) < 4.78 is 15.8. The van der Waals surface area contributed by atoms with Gasteiger partial charge < -0.3 is 5.32 Å². The topological polar surface area (TPSA) is 73.0 Å². The van der Waals surface area contributed by atoms with Crippen molar-refractivity contribution in [3.63, 3.8) is 0 Å². The maximum atomic E-state index is 14.1. The summed E-state index contributed by atoms with van der Waals surface area (Å²) in [6.07, 6.45) is 3.16. The average Bonchev–Trinajstić information content (AvgIpc) is 2.84. The van der Waals surface area contributed by atoms with Gasteiger partial charge in [0.05, 0.1) is 10.6 Å². The van der Waals surface area contributed by atoms with Crippen LogP contribution in [-0.2, 0) is 12.8 Å². The number of nitrogens with zero attached hydrogens (tertiary/aromatic N) is 3. The minimum atomic E-state index is -0.406. The predicted molar refractivity (Wildman–Crippen MR) is 101 cm³/mol. The van der Waals surface area contributed by atoms with Gasteiger partial charge in [0, 0.05) is 24.6 Å². The van der Waals surface area contributed by atoms with E-state index in [0.29, 0.717) is 17.7 Å². The number of nitrogens with one attached hydrogen (secondary N) is 1. The van der Waals surface area contributed by atoms with Gasteiger partial charge in [-0.15, -0.1) is 0 Å². The lowest BCUT2D eigenvalue weighted by Gasteiger charge is -2.09. The molecule has 2 heterocycles. The van der Waals surface area contributed by atoms with Crippen LogP contribution in [0.3, 0.4) is 0 Å². The standard InChI is InChI=1S/C20H19FN4O2/c21-16-9-2-1-7-14(16)13-17-15-8-5-6-12-22-20(15)24(23-17)18-10-3-4-11-19(18)25(26)27/h1-4,7,9-11,22H,5-6,8,12-13H2. The molecule has 2 aromatic carbocycles. The average molecular weight is 366 g/mol. The van der Waals surface area contributed by atoms with Crippen LogP contribution in [0.1, 0.15) is 29.7 Å². The number of benzene rings is 2. The van der Waals surface area contributed by atoms with Crippen molar-refractivity contribution < 1.29 is 9.31 Å². The van der Waals surface area contributed by atoms with Crippen LogP contribution in [-0.4, -0.2) is 21.2 Å². The minimum Gasteiger partial charge on any atom is -0.370 e. The van der Waals surface area contributed by atoms with Crippen LogP contribution in [0.5, 0.6) is 0 Å². The molecule has 0 unspecified atom stereocenters. The zero-order chi connectivity index (χ0) is 18.8. The summed E-state index contributed by atoms with van der Waals surface area (Å²) in [7, 11) is 0. The van der Waals surface area contributed by atoms with Crippen molar-refractivity contribution in [2.75, 3.05) is 11.9 Å². The summed E-state index contributed by atoms with van der Waals surface area (Å²) >= 11 is 0. The molecule has 3 aromatic rings. The molecule has 6 nitrogen and oxygen atoms in total. The molecule has 0 bridgehead atoms. The van der Waals surface area contributed by atoms with E-state index in [2.05, 4.69) is 10.4 Å². The van der Waals surface area contributed by atoms with Crippen molar-refractivity contribution in [1.29, 1.82) is 0 Å². The Morgan fingerprint density at radius 1 is 1.15 bits per heavy atom. The van der Waals surface area contributed by atoms with Crippen molar-refractivity contribution in [2.24, 2.45) is 0 Å². The molecule has 0 fully saturated rings. The van der Waals surface area contributed by atoms with Gasteiger partial charge in [0.25, 0.3) is 5.69 Å². The third-order valence-electron chi connectivity index (χ3n) is 4.84. The van der Waals surface area contributed by atoms with Crippen LogP contribution in [0.15, 0.2) is 48.5 Å². The highest BCUT2D eigenvalue weighted by Gasteiger charge is 2.25. The van der Waals surface area contributed by atoms with Crippen molar-refractivity contribution in [1.82, 2.24) is 9.78 Å². The molecule has 0 saturated heterocycles. The molecular weight excluding hydrogens is 347 g/mol. The summed E-state index contributed by atoms with van der Waals surface area (Å²) in [6.45, 7) is 0.776. The Morgan fingerprint density at radius 2 is 1.93 bits per heavy atom. The second kappa shape index (κ2) is 7.19. The normalized spacial score (nSPS) is 13.5. The number of para-hydroxylation sites is 2. The molecule has 0 radical (unpaired) electrons. The maximum absolute atomic E-state index is 14.1. The molecule has 0 spiro atoms. The van der Waals surface area contributed by atoms with Crippen LogP contribution in [0, 0.1) is 15.9 Å². The Balaban J connectivity index is 1.85. The molecule has 0 saturated carbocycles. The highest BCUT2D eigenvalue weighted by Crippen LogP contribution is 2.32. The third kappa shape index (κ3) is 3.28. The van der Waals surface area contributed by atoms with Crippen molar-refractivity contribution >= 4 is 11.5 Å². The molecule has 27 heavy (non-hydrogen) atoms. The van der Waals surface area contributed by atoms with Crippen LogP contribution in [0.4, 0.5) is 15.9 Å². The summed E-state index contributed by atoms with van der Waals surface area (Å²) in [5.41, 5.74) is 2.73. The van der Waals surface area contributed by atoms with Crippen LogP contribution < -0.4 is 5.32 Å². The molecular formula is C20H19FN4O2. The molecule has 0 atom stereocenters. The number of aromatic nitrogens is 2. The number of nitro benzene ring substituents is 1. The maximum Gasteiger partial charge on any atom is 0.294 e. The number of halogens is 1. The summed E-state index contributed by atoms with van der Waals surface area (Å²) in [6, 6.07) is 13.2. The van der Waals surface area contributed by atoms with E-state index >= 15 is 0 Å². The number of hydrogen-bond donors (Lipinski definition) is 1. The summed E-state index contributed by atoms with van der Waals surface area (Å²) in [4.78, 5) is 11.1. The minimum absolute atomic E-state index is 0.00807. The number of fused-ring (bicyclic) bond motifs is 1. The molecule has 0 aliphatic carbocycles.